The minimum absolute atomic E-state index is 0.0658. The average molecular weight is 502 g/mol. The lowest BCUT2D eigenvalue weighted by molar-refractivity contribution is -0.152. The van der Waals surface area contributed by atoms with E-state index in [0.717, 1.165) is 36.8 Å². The fourth-order valence-electron chi connectivity index (χ4n) is 3.64. The van der Waals surface area contributed by atoms with Crippen LogP contribution in [0.3, 0.4) is 0 Å². The Hall–Kier alpha value is -2.91. The maximum Gasteiger partial charge on any atom is 0.327 e. The minimum Gasteiger partial charge on any atom is -0.760 e. The molecule has 0 aliphatic rings. The molecule has 10 heteroatoms. The topological polar surface area (TPSA) is 136 Å². The van der Waals surface area contributed by atoms with E-state index in [1.807, 2.05) is 61.5 Å². The highest BCUT2D eigenvalue weighted by atomic mass is 32.2. The lowest BCUT2D eigenvalue weighted by atomic mass is 9.86. The summed E-state index contributed by atoms with van der Waals surface area (Å²) in [7, 11) is 0. The first-order valence-corrected chi connectivity index (χ1v) is 12.9. The number of azide groups is 1. The fraction of sp³-hybridized carbons (Fsp3) is 0.480. The van der Waals surface area contributed by atoms with E-state index in [9.17, 15) is 13.6 Å². The Morgan fingerprint density at radius 1 is 1.09 bits per heavy atom. The molecular formula is C25H33N4O5S-. The molecule has 0 saturated carbocycles. The number of carbonyl (C=O) groups is 1. The quantitative estimate of drug-likeness (QED) is 0.0798. The van der Waals surface area contributed by atoms with E-state index in [1.54, 1.807) is 0 Å². The van der Waals surface area contributed by atoms with Gasteiger partial charge in [-0.1, -0.05) is 67.3 Å². The molecule has 2 rings (SSSR count). The number of nitrogens with zero attached hydrogens (tertiary/aromatic N) is 3. The summed E-state index contributed by atoms with van der Waals surface area (Å²) < 4.78 is 37.1. The molecule has 0 heterocycles. The van der Waals surface area contributed by atoms with Gasteiger partial charge >= 0.3 is 5.97 Å². The highest BCUT2D eigenvalue weighted by Gasteiger charge is 2.40. The number of hydrogen-bond donors (Lipinski definition) is 1. The predicted octanol–water partition coefficient (Wildman–Crippen LogP) is 5.14. The number of esters is 1. The second kappa shape index (κ2) is 15.9. The fourth-order valence-corrected chi connectivity index (χ4v) is 4.22. The molecule has 0 radical (unpaired) electrons. The zero-order valence-electron chi connectivity index (χ0n) is 20.1. The first kappa shape index (κ1) is 28.3. The number of ether oxygens (including phenoxy) is 2. The van der Waals surface area contributed by atoms with Crippen LogP contribution in [0.25, 0.3) is 10.4 Å². The van der Waals surface area contributed by atoms with Crippen molar-refractivity contribution in [2.45, 2.75) is 64.0 Å². The first-order valence-electron chi connectivity index (χ1n) is 11.8. The van der Waals surface area contributed by atoms with Crippen molar-refractivity contribution in [1.82, 2.24) is 4.72 Å². The number of carbonyl (C=O) groups excluding carboxylic acids is 1. The Balaban J connectivity index is 2.05. The summed E-state index contributed by atoms with van der Waals surface area (Å²) in [6.45, 7) is 3.08. The van der Waals surface area contributed by atoms with Gasteiger partial charge in [-0.2, -0.15) is 0 Å². The molecule has 0 spiro atoms. The van der Waals surface area contributed by atoms with Gasteiger partial charge in [0.2, 0.25) is 0 Å². The first-order chi connectivity index (χ1) is 17.0. The van der Waals surface area contributed by atoms with Crippen molar-refractivity contribution >= 4 is 17.2 Å². The molecule has 0 fully saturated rings. The maximum atomic E-state index is 13.2. The summed E-state index contributed by atoms with van der Waals surface area (Å²) in [4.78, 5) is 15.9. The van der Waals surface area contributed by atoms with Crippen LogP contribution in [0.5, 0.6) is 5.75 Å². The molecule has 0 amide bonds. The Bertz CT molecular complexity index is 968. The summed E-state index contributed by atoms with van der Waals surface area (Å²) in [6.07, 6.45) is 4.51. The van der Waals surface area contributed by atoms with Crippen molar-refractivity contribution in [3.8, 4) is 5.75 Å². The monoisotopic (exact) mass is 501 g/mol. The third kappa shape index (κ3) is 10.5. The second-order valence-electron chi connectivity index (χ2n) is 8.27. The van der Waals surface area contributed by atoms with E-state index in [4.69, 9.17) is 15.0 Å². The zero-order valence-corrected chi connectivity index (χ0v) is 20.9. The van der Waals surface area contributed by atoms with E-state index in [1.165, 1.54) is 0 Å². The van der Waals surface area contributed by atoms with Crippen molar-refractivity contribution in [3.05, 3.63) is 76.2 Å². The number of hydrogen-bond acceptors (Lipinski definition) is 6. The van der Waals surface area contributed by atoms with Gasteiger partial charge in [0.05, 0.1) is 6.61 Å². The van der Waals surface area contributed by atoms with Crippen LogP contribution in [0, 0.1) is 0 Å². The largest absolute Gasteiger partial charge is 0.760 e. The third-order valence-electron chi connectivity index (χ3n) is 5.50. The van der Waals surface area contributed by atoms with Gasteiger partial charge in [0, 0.05) is 29.1 Å². The molecule has 1 N–H and O–H groups in total. The number of benzene rings is 2. The number of nitrogens with one attached hydrogen (secondary N) is 1. The van der Waals surface area contributed by atoms with Gasteiger partial charge < -0.3 is 14.0 Å². The molecule has 0 aliphatic heterocycles. The lowest BCUT2D eigenvalue weighted by Crippen LogP contribution is -2.55. The van der Waals surface area contributed by atoms with Crippen LogP contribution in [-0.2, 0) is 33.8 Å². The van der Waals surface area contributed by atoms with E-state index < -0.39 is 22.8 Å². The maximum absolute atomic E-state index is 13.2. The molecule has 35 heavy (non-hydrogen) atoms. The summed E-state index contributed by atoms with van der Waals surface area (Å²) >= 11 is -2.65. The summed E-state index contributed by atoms with van der Waals surface area (Å²) in [5, 5.41) is 3.51. The Morgan fingerprint density at radius 3 is 2.49 bits per heavy atom. The SMILES string of the molecule is CCCC[C@@](Cc1ccc(OCCCCCN=[N+]=[N-])cc1)(NS(=O)[O-])C(=O)OCc1ccccc1. The van der Waals surface area contributed by atoms with Gasteiger partial charge in [-0.3, -0.25) is 4.21 Å². The van der Waals surface area contributed by atoms with Gasteiger partial charge in [-0.05, 0) is 54.5 Å². The van der Waals surface area contributed by atoms with Crippen LogP contribution in [-0.4, -0.2) is 33.4 Å². The van der Waals surface area contributed by atoms with Crippen molar-refractivity contribution in [2.24, 2.45) is 5.11 Å². The second-order valence-corrected chi connectivity index (χ2v) is 8.94. The molecule has 2 aromatic rings. The van der Waals surface area contributed by atoms with E-state index in [0.29, 0.717) is 31.7 Å². The highest BCUT2D eigenvalue weighted by Crippen LogP contribution is 2.25. The summed E-state index contributed by atoms with van der Waals surface area (Å²) in [5.74, 6) is 0.0926. The third-order valence-corrected chi connectivity index (χ3v) is 6.06. The Kier molecular flexibility index (Phi) is 12.9. The zero-order chi connectivity index (χ0) is 25.4. The van der Waals surface area contributed by atoms with Crippen LogP contribution in [0.4, 0.5) is 0 Å². The lowest BCUT2D eigenvalue weighted by Gasteiger charge is -2.33. The molecule has 1 unspecified atom stereocenters. The van der Waals surface area contributed by atoms with E-state index in [-0.39, 0.29) is 13.0 Å². The molecule has 2 aromatic carbocycles. The van der Waals surface area contributed by atoms with Crippen LogP contribution in [0.15, 0.2) is 59.7 Å². The molecule has 2 atom stereocenters. The number of rotatable bonds is 17. The van der Waals surface area contributed by atoms with Gasteiger partial charge in [0.25, 0.3) is 0 Å². The Morgan fingerprint density at radius 2 is 1.83 bits per heavy atom. The van der Waals surface area contributed by atoms with Crippen LogP contribution < -0.4 is 9.46 Å². The number of unbranched alkanes of at least 4 members (excludes halogenated alkanes) is 3. The summed E-state index contributed by atoms with van der Waals surface area (Å²) in [5.41, 5.74) is 8.49. The highest BCUT2D eigenvalue weighted by molar-refractivity contribution is 7.77. The van der Waals surface area contributed by atoms with E-state index >= 15 is 0 Å². The van der Waals surface area contributed by atoms with Crippen molar-refractivity contribution in [1.29, 1.82) is 0 Å². The molecule has 9 nitrogen and oxygen atoms in total. The predicted molar refractivity (Wildman–Crippen MR) is 134 cm³/mol. The van der Waals surface area contributed by atoms with Crippen molar-refractivity contribution in [2.75, 3.05) is 13.2 Å². The molecule has 190 valence electrons. The van der Waals surface area contributed by atoms with Crippen molar-refractivity contribution in [3.63, 3.8) is 0 Å². The van der Waals surface area contributed by atoms with Crippen LogP contribution >= 0.6 is 0 Å². The van der Waals surface area contributed by atoms with Gasteiger partial charge in [-0.15, -0.1) is 0 Å². The Labute approximate surface area is 209 Å². The van der Waals surface area contributed by atoms with Crippen LogP contribution in [0.1, 0.15) is 56.6 Å². The molecule has 0 saturated heterocycles. The van der Waals surface area contributed by atoms with Gasteiger partial charge in [0.15, 0.2) is 0 Å². The molecule has 0 aromatic heterocycles. The van der Waals surface area contributed by atoms with Crippen molar-refractivity contribution < 1.29 is 23.0 Å². The van der Waals surface area contributed by atoms with E-state index in [2.05, 4.69) is 14.7 Å². The standard InChI is InChI=1S/C25H34N4O5S/c1-2-3-16-25(28-35(31)32,24(30)34-20-22-10-6-4-7-11-22)19-21-12-14-23(15-13-21)33-18-9-5-8-17-27-29-26/h4,6-7,10-15,28H,2-3,5,8-9,16-20H2,1H3,(H,31,32)/p-1/t25-/m0/s1. The average Bonchev–Trinajstić information content (AvgIpc) is 2.86. The van der Waals surface area contributed by atoms with Gasteiger partial charge in [-0.25, -0.2) is 9.52 Å². The molecule has 0 aliphatic carbocycles. The summed E-state index contributed by atoms with van der Waals surface area (Å²) in [6, 6.07) is 16.6. The van der Waals surface area contributed by atoms with Gasteiger partial charge in [0.1, 0.15) is 17.9 Å². The smallest absolute Gasteiger partial charge is 0.327 e. The minimum atomic E-state index is -2.65. The molecular weight excluding hydrogens is 468 g/mol. The van der Waals surface area contributed by atoms with Crippen LogP contribution in [0.2, 0.25) is 0 Å². The normalized spacial score (nSPS) is 13.3. The molecule has 0 bridgehead atoms.